The molecule has 0 saturated carbocycles. The van der Waals surface area contributed by atoms with Gasteiger partial charge in [-0.25, -0.2) is 0 Å². The summed E-state index contributed by atoms with van der Waals surface area (Å²) in [5.74, 6) is 0.554. The molecule has 0 aliphatic rings. The van der Waals surface area contributed by atoms with E-state index in [9.17, 15) is 0 Å². The second kappa shape index (κ2) is 7.13. The molecule has 0 radical (unpaired) electrons. The number of hydrogen-bond acceptors (Lipinski definition) is 0. The van der Waals surface area contributed by atoms with E-state index >= 15 is 0 Å². The van der Waals surface area contributed by atoms with Crippen molar-refractivity contribution in [3.05, 3.63) is 65.7 Å². The quantitative estimate of drug-likeness (QED) is 0.608. The van der Waals surface area contributed by atoms with Gasteiger partial charge >= 0.3 is 0 Å². The lowest BCUT2D eigenvalue weighted by Gasteiger charge is -2.07. The summed E-state index contributed by atoms with van der Waals surface area (Å²) in [7, 11) is 0. The van der Waals surface area contributed by atoms with Gasteiger partial charge in [0.15, 0.2) is 0 Å². The summed E-state index contributed by atoms with van der Waals surface area (Å²) in [5.41, 5.74) is 2.41. The van der Waals surface area contributed by atoms with Crippen molar-refractivity contribution in [1.82, 2.24) is 0 Å². The SMILES string of the molecule is C=C(Cl)/C=C\C(=C/C(C)CC)c1ccccc1. The molecule has 90 valence electrons. The van der Waals surface area contributed by atoms with Crippen LogP contribution >= 0.6 is 11.6 Å². The lowest BCUT2D eigenvalue weighted by atomic mass is 9.99. The lowest BCUT2D eigenvalue weighted by Crippen LogP contribution is -1.89. The predicted molar refractivity (Wildman–Crippen MR) is 78.0 cm³/mol. The van der Waals surface area contributed by atoms with Crippen LogP contribution in [0.5, 0.6) is 0 Å². The summed E-state index contributed by atoms with van der Waals surface area (Å²) in [6.45, 7) is 8.07. The zero-order valence-electron chi connectivity index (χ0n) is 10.5. The largest absolute Gasteiger partial charge is 0.0850 e. The van der Waals surface area contributed by atoms with E-state index in [-0.39, 0.29) is 0 Å². The predicted octanol–water partition coefficient (Wildman–Crippen LogP) is 5.42. The second-order valence-electron chi connectivity index (χ2n) is 4.15. The molecule has 1 heteroatoms. The number of benzene rings is 1. The second-order valence-corrected chi connectivity index (χ2v) is 4.64. The van der Waals surface area contributed by atoms with Crippen LogP contribution in [0.1, 0.15) is 25.8 Å². The molecule has 0 N–H and O–H groups in total. The molecule has 0 aliphatic carbocycles. The minimum absolute atomic E-state index is 0.552. The highest BCUT2D eigenvalue weighted by molar-refractivity contribution is 6.30. The summed E-state index contributed by atoms with van der Waals surface area (Å²) in [6.07, 6.45) is 7.26. The molecule has 1 atom stereocenters. The van der Waals surface area contributed by atoms with E-state index < -0.39 is 0 Å². The Bertz CT molecular complexity index is 412. The average Bonchev–Trinajstić information content (AvgIpc) is 2.35. The molecule has 0 amide bonds. The summed E-state index contributed by atoms with van der Waals surface area (Å²) < 4.78 is 0. The Morgan fingerprint density at radius 2 is 1.94 bits per heavy atom. The van der Waals surface area contributed by atoms with Gasteiger partial charge in [-0.1, -0.05) is 80.9 Å². The van der Waals surface area contributed by atoms with Gasteiger partial charge in [-0.3, -0.25) is 0 Å². The Morgan fingerprint density at radius 3 is 2.47 bits per heavy atom. The Morgan fingerprint density at radius 1 is 1.29 bits per heavy atom. The van der Waals surface area contributed by atoms with Gasteiger partial charge in [0.1, 0.15) is 0 Å². The first-order chi connectivity index (χ1) is 8.13. The highest BCUT2D eigenvalue weighted by Crippen LogP contribution is 2.20. The monoisotopic (exact) mass is 246 g/mol. The van der Waals surface area contributed by atoms with Crippen LogP contribution < -0.4 is 0 Å². The molecule has 1 rings (SSSR count). The Labute approximate surface area is 109 Å². The van der Waals surface area contributed by atoms with E-state index in [4.69, 9.17) is 11.6 Å². The average molecular weight is 247 g/mol. The third-order valence-electron chi connectivity index (χ3n) is 2.66. The maximum atomic E-state index is 5.77. The lowest BCUT2D eigenvalue weighted by molar-refractivity contribution is 0.700. The molecular formula is C16H19Cl. The van der Waals surface area contributed by atoms with Gasteiger partial charge in [0.25, 0.3) is 0 Å². The number of rotatable bonds is 5. The molecule has 0 spiro atoms. The standard InChI is InChI=1S/C16H19Cl/c1-4-13(2)12-16(11-10-14(3)17)15-8-6-5-7-9-15/h5-13H,3-4H2,1-2H3/b11-10-,16-12+. The van der Waals surface area contributed by atoms with E-state index in [1.807, 2.05) is 30.4 Å². The molecule has 0 bridgehead atoms. The van der Waals surface area contributed by atoms with Crippen LogP contribution in [0, 0.1) is 5.92 Å². The summed E-state index contributed by atoms with van der Waals surface area (Å²) in [6, 6.07) is 10.3. The van der Waals surface area contributed by atoms with Crippen molar-refractivity contribution >= 4 is 17.2 Å². The summed E-state index contributed by atoms with van der Waals surface area (Å²) in [5, 5.41) is 0.552. The van der Waals surface area contributed by atoms with E-state index in [0.717, 1.165) is 6.42 Å². The van der Waals surface area contributed by atoms with Gasteiger partial charge in [0, 0.05) is 5.03 Å². The molecule has 1 unspecified atom stereocenters. The van der Waals surface area contributed by atoms with E-state index in [1.165, 1.54) is 11.1 Å². The van der Waals surface area contributed by atoms with Gasteiger partial charge in [-0.15, -0.1) is 0 Å². The van der Waals surface area contributed by atoms with Gasteiger partial charge in [0.05, 0.1) is 0 Å². The maximum absolute atomic E-state index is 5.77. The van der Waals surface area contributed by atoms with Crippen molar-refractivity contribution in [3.8, 4) is 0 Å². The van der Waals surface area contributed by atoms with Crippen molar-refractivity contribution in [2.45, 2.75) is 20.3 Å². The van der Waals surface area contributed by atoms with Crippen molar-refractivity contribution in [3.63, 3.8) is 0 Å². The Kier molecular flexibility index (Phi) is 5.79. The molecule has 0 aromatic heterocycles. The highest BCUT2D eigenvalue weighted by Gasteiger charge is 2.00. The zero-order valence-corrected chi connectivity index (χ0v) is 11.2. The Hall–Kier alpha value is -1.27. The molecule has 0 heterocycles. The minimum Gasteiger partial charge on any atom is -0.0850 e. The van der Waals surface area contributed by atoms with E-state index in [0.29, 0.717) is 11.0 Å². The summed E-state index contributed by atoms with van der Waals surface area (Å²) >= 11 is 5.77. The normalized spacial score (nSPS) is 13.9. The molecule has 1 aromatic rings. The molecule has 0 aliphatic heterocycles. The van der Waals surface area contributed by atoms with Crippen molar-refractivity contribution < 1.29 is 0 Å². The van der Waals surface area contributed by atoms with Gasteiger partial charge in [-0.2, -0.15) is 0 Å². The van der Waals surface area contributed by atoms with Crippen LogP contribution in [-0.4, -0.2) is 0 Å². The first kappa shape index (κ1) is 13.8. The number of allylic oxidation sites excluding steroid dienone is 5. The van der Waals surface area contributed by atoms with E-state index in [1.54, 1.807) is 0 Å². The molecule has 0 saturated heterocycles. The van der Waals surface area contributed by atoms with Gasteiger partial charge in [-0.05, 0) is 23.1 Å². The maximum Gasteiger partial charge on any atom is 0.0334 e. The molecule has 1 aromatic carbocycles. The molecule has 17 heavy (non-hydrogen) atoms. The zero-order chi connectivity index (χ0) is 12.7. The van der Waals surface area contributed by atoms with Crippen LogP contribution in [0.3, 0.4) is 0 Å². The van der Waals surface area contributed by atoms with Gasteiger partial charge < -0.3 is 0 Å². The number of hydrogen-bond donors (Lipinski definition) is 0. The van der Waals surface area contributed by atoms with Gasteiger partial charge in [0.2, 0.25) is 0 Å². The number of halogens is 1. The smallest absolute Gasteiger partial charge is 0.0334 e. The van der Waals surface area contributed by atoms with Crippen molar-refractivity contribution in [2.75, 3.05) is 0 Å². The van der Waals surface area contributed by atoms with Crippen LogP contribution in [0.4, 0.5) is 0 Å². The third kappa shape index (κ3) is 5.06. The van der Waals surface area contributed by atoms with Crippen molar-refractivity contribution in [1.29, 1.82) is 0 Å². The Balaban J connectivity index is 3.03. The molecule has 0 fully saturated rings. The van der Waals surface area contributed by atoms with Crippen molar-refractivity contribution in [2.24, 2.45) is 5.92 Å². The first-order valence-electron chi connectivity index (χ1n) is 5.93. The highest BCUT2D eigenvalue weighted by atomic mass is 35.5. The third-order valence-corrected chi connectivity index (χ3v) is 2.78. The van der Waals surface area contributed by atoms with E-state index in [2.05, 4.69) is 38.6 Å². The fourth-order valence-corrected chi connectivity index (χ4v) is 1.55. The minimum atomic E-state index is 0.552. The fraction of sp³-hybridized carbons (Fsp3) is 0.250. The van der Waals surface area contributed by atoms with Crippen LogP contribution in [0.25, 0.3) is 5.57 Å². The molecular weight excluding hydrogens is 228 g/mol. The van der Waals surface area contributed by atoms with Crippen LogP contribution in [0.15, 0.2) is 60.2 Å². The molecule has 0 nitrogen and oxygen atoms in total. The van der Waals surface area contributed by atoms with Crippen LogP contribution in [0.2, 0.25) is 0 Å². The fourth-order valence-electron chi connectivity index (χ4n) is 1.48. The topological polar surface area (TPSA) is 0 Å². The summed E-state index contributed by atoms with van der Waals surface area (Å²) in [4.78, 5) is 0. The van der Waals surface area contributed by atoms with Crippen LogP contribution in [-0.2, 0) is 0 Å². The first-order valence-corrected chi connectivity index (χ1v) is 6.31.